The second-order valence-corrected chi connectivity index (χ2v) is 19.9. The van der Waals surface area contributed by atoms with Crippen molar-refractivity contribution < 1.29 is 33.6 Å². The maximum absolute atomic E-state index is 14.5. The number of hydrogen-bond acceptors (Lipinski definition) is 9. The van der Waals surface area contributed by atoms with Gasteiger partial charge in [0.1, 0.15) is 18.3 Å². The maximum Gasteiger partial charge on any atom is 0.289 e. The van der Waals surface area contributed by atoms with Crippen molar-refractivity contribution in [1.82, 2.24) is 31.2 Å². The van der Waals surface area contributed by atoms with Crippen molar-refractivity contribution in [2.24, 2.45) is 45.3 Å². The first-order valence-electron chi connectivity index (χ1n) is 19.3. The fourth-order valence-electron chi connectivity index (χ4n) is 8.54. The lowest BCUT2D eigenvalue weighted by atomic mass is 9.80. The van der Waals surface area contributed by atoms with E-state index in [1.165, 1.54) is 4.90 Å². The maximum atomic E-state index is 14.5. The third-order valence-electron chi connectivity index (χ3n) is 12.5. The predicted octanol–water partition coefficient (Wildman–Crippen LogP) is 2.92. The summed E-state index contributed by atoms with van der Waals surface area (Å²) in [5, 5.41) is 9.06. The lowest BCUT2D eigenvalue weighted by Crippen LogP contribution is -2.61. The van der Waals surface area contributed by atoms with E-state index < -0.39 is 34.7 Å². The van der Waals surface area contributed by atoms with E-state index in [9.17, 15) is 28.8 Å². The van der Waals surface area contributed by atoms with Crippen molar-refractivity contribution >= 4 is 35.3 Å². The number of carbonyl (C=O) groups excluding carboxylic acids is 6. The third kappa shape index (κ3) is 8.26. The number of nitrogens with zero attached hydrogens (tertiary/aromatic N) is 2. The first-order chi connectivity index (χ1) is 23.9. The van der Waals surface area contributed by atoms with Gasteiger partial charge in [0.15, 0.2) is 0 Å². The Morgan fingerprint density at radius 1 is 0.942 bits per heavy atom. The van der Waals surface area contributed by atoms with Crippen LogP contribution in [0.3, 0.4) is 0 Å². The summed E-state index contributed by atoms with van der Waals surface area (Å²) in [7, 11) is 0. The summed E-state index contributed by atoms with van der Waals surface area (Å²) in [6.07, 6.45) is 3.75. The SMILES string of the molecule is CC[C@H]1C[C@]1(NC(=O)[C@@H]1[C@@H]2[C@H](CN1C(=O)[C@@H](NCON[C@H](CN1C(=O)CC(C)(C)CC1=O)C(C)(C)C)C(C)(C)C)C2(C)C)C(=O)C(=O)NCC1CC1. The molecule has 0 aromatic rings. The van der Waals surface area contributed by atoms with Gasteiger partial charge in [-0.1, -0.05) is 82.6 Å². The molecule has 5 aliphatic rings. The Bertz CT molecular complexity index is 1440. The normalized spacial score (nSPS) is 30.4. The number of fused-ring (bicyclic) bond motifs is 1. The quantitative estimate of drug-likeness (QED) is 0.0652. The van der Waals surface area contributed by atoms with E-state index in [1.54, 1.807) is 4.90 Å². The molecule has 3 saturated carbocycles. The highest BCUT2D eigenvalue weighted by molar-refractivity contribution is 6.41. The van der Waals surface area contributed by atoms with E-state index in [0.29, 0.717) is 44.7 Å². The van der Waals surface area contributed by atoms with Crippen LogP contribution in [0, 0.1) is 45.3 Å². The number of ketones is 1. The summed E-state index contributed by atoms with van der Waals surface area (Å²) in [5.74, 6) is -1.89. The van der Waals surface area contributed by atoms with Crippen LogP contribution in [0.15, 0.2) is 0 Å². The smallest absolute Gasteiger partial charge is 0.289 e. The summed E-state index contributed by atoms with van der Waals surface area (Å²) >= 11 is 0. The van der Waals surface area contributed by atoms with E-state index in [4.69, 9.17) is 4.84 Å². The van der Waals surface area contributed by atoms with Gasteiger partial charge >= 0.3 is 0 Å². The number of carbonyl (C=O) groups is 6. The Labute approximate surface area is 309 Å². The van der Waals surface area contributed by atoms with Crippen LogP contribution in [-0.4, -0.2) is 95.1 Å². The molecule has 3 aliphatic carbocycles. The molecule has 0 unspecified atom stereocenters. The second-order valence-electron chi connectivity index (χ2n) is 19.9. The summed E-state index contributed by atoms with van der Waals surface area (Å²) in [6, 6.07) is -1.88. The van der Waals surface area contributed by atoms with Gasteiger partial charge < -0.3 is 15.5 Å². The molecule has 292 valence electrons. The molecule has 4 N–H and O–H groups in total. The zero-order chi connectivity index (χ0) is 38.8. The number of rotatable bonds is 15. The van der Waals surface area contributed by atoms with Gasteiger partial charge in [0.05, 0.1) is 12.1 Å². The third-order valence-corrected chi connectivity index (χ3v) is 12.5. The molecule has 0 aromatic carbocycles. The first kappa shape index (κ1) is 40.3. The van der Waals surface area contributed by atoms with Crippen molar-refractivity contribution in [3.05, 3.63) is 0 Å². The first-order valence-corrected chi connectivity index (χ1v) is 19.3. The van der Waals surface area contributed by atoms with Crippen molar-refractivity contribution in [2.45, 2.75) is 138 Å². The lowest BCUT2D eigenvalue weighted by Gasteiger charge is -2.40. The topological polar surface area (TPSA) is 166 Å². The Kier molecular flexibility index (Phi) is 10.9. The number of amides is 5. The highest BCUT2D eigenvalue weighted by atomic mass is 16.7. The molecular formula is C39H64N6O7. The van der Waals surface area contributed by atoms with Crippen molar-refractivity contribution in [2.75, 3.05) is 26.4 Å². The fourth-order valence-corrected chi connectivity index (χ4v) is 8.54. The van der Waals surface area contributed by atoms with Gasteiger partial charge in [-0.25, -0.2) is 0 Å². The molecule has 2 saturated heterocycles. The van der Waals surface area contributed by atoms with E-state index in [-0.39, 0.29) is 76.9 Å². The summed E-state index contributed by atoms with van der Waals surface area (Å²) in [6.45, 7) is 22.9. The highest BCUT2D eigenvalue weighted by Crippen LogP contribution is 2.65. The van der Waals surface area contributed by atoms with Crippen LogP contribution in [0.4, 0.5) is 0 Å². The average molecular weight is 729 g/mol. The Morgan fingerprint density at radius 2 is 1.56 bits per heavy atom. The van der Waals surface area contributed by atoms with E-state index in [2.05, 4.69) is 35.3 Å². The molecule has 5 rings (SSSR count). The van der Waals surface area contributed by atoms with Gasteiger partial charge in [0, 0.05) is 32.5 Å². The second kappa shape index (κ2) is 14.1. The summed E-state index contributed by atoms with van der Waals surface area (Å²) in [4.78, 5) is 89.8. The van der Waals surface area contributed by atoms with Gasteiger partial charge in [-0.15, -0.1) is 0 Å². The molecule has 7 atom stereocenters. The minimum absolute atomic E-state index is 0.0516. The van der Waals surface area contributed by atoms with Gasteiger partial charge in [-0.3, -0.25) is 43.8 Å². The number of hydrogen-bond donors (Lipinski definition) is 4. The van der Waals surface area contributed by atoms with Crippen LogP contribution in [0.2, 0.25) is 0 Å². The number of nitrogens with one attached hydrogen (secondary N) is 4. The standard InChI is InChI=1S/C39H64N6O7/c1-12-23-15-39(23,31(48)33(50)40-18-22-13-14-22)42-32(49)29-28-24(38(28,10)11)19-45(29)34(51)30(36(5,6)7)41-21-52-43-25(35(2,3)4)20-44-26(46)16-37(8,9)17-27(44)47/h22-25,28-30,41,43H,12-21H2,1-11H3,(H,40,50)(H,42,49)/t23-,24-,25+,28-,29-,30+,39+/m0/s1. The van der Waals surface area contributed by atoms with E-state index >= 15 is 0 Å². The zero-order valence-corrected chi connectivity index (χ0v) is 33.4. The van der Waals surface area contributed by atoms with Crippen molar-refractivity contribution in [1.29, 1.82) is 0 Å². The van der Waals surface area contributed by atoms with Gasteiger partial charge in [-0.05, 0) is 64.6 Å². The van der Waals surface area contributed by atoms with Crippen LogP contribution in [-0.2, 0) is 33.6 Å². The lowest BCUT2D eigenvalue weighted by molar-refractivity contribution is -0.155. The number of imide groups is 1. The number of piperidine rings is 2. The average Bonchev–Trinajstić information content (AvgIpc) is 3.97. The molecule has 52 heavy (non-hydrogen) atoms. The van der Waals surface area contributed by atoms with Gasteiger partial charge in [0.2, 0.25) is 29.4 Å². The predicted molar refractivity (Wildman–Crippen MR) is 195 cm³/mol. The molecule has 0 radical (unpaired) electrons. The van der Waals surface area contributed by atoms with Crippen LogP contribution in [0.5, 0.6) is 0 Å². The zero-order valence-electron chi connectivity index (χ0n) is 33.4. The van der Waals surface area contributed by atoms with Gasteiger partial charge in [-0.2, -0.15) is 5.48 Å². The minimum Gasteiger partial charge on any atom is -0.349 e. The summed E-state index contributed by atoms with van der Waals surface area (Å²) in [5.41, 5.74) is 0.376. The Balaban J connectivity index is 1.25. The Hall–Kier alpha value is -2.90. The fraction of sp³-hybridized carbons (Fsp3) is 0.846. The largest absolute Gasteiger partial charge is 0.349 e. The molecule has 0 bridgehead atoms. The molecule has 5 amide bonds. The van der Waals surface area contributed by atoms with E-state index in [0.717, 1.165) is 12.8 Å². The van der Waals surface area contributed by atoms with Gasteiger partial charge in [0.25, 0.3) is 5.91 Å². The highest BCUT2D eigenvalue weighted by Gasteiger charge is 2.71. The number of likely N-dealkylation sites (tertiary alicyclic amines) is 2. The molecule has 0 aromatic heterocycles. The Morgan fingerprint density at radius 3 is 2.08 bits per heavy atom. The van der Waals surface area contributed by atoms with Crippen molar-refractivity contribution in [3.63, 3.8) is 0 Å². The number of Topliss-reactive ketones (excluding diaryl/α,β-unsaturated/α-hetero) is 1. The molecule has 0 spiro atoms. The number of hydroxylamine groups is 1. The molecular weight excluding hydrogens is 664 g/mol. The van der Waals surface area contributed by atoms with Crippen LogP contribution in [0.25, 0.3) is 0 Å². The molecule has 13 heteroatoms. The monoisotopic (exact) mass is 728 g/mol. The minimum atomic E-state index is -1.24. The molecule has 13 nitrogen and oxygen atoms in total. The summed E-state index contributed by atoms with van der Waals surface area (Å²) < 4.78 is 0. The van der Waals surface area contributed by atoms with Crippen LogP contribution in [0.1, 0.15) is 115 Å². The molecule has 2 aliphatic heterocycles. The van der Waals surface area contributed by atoms with E-state index in [1.807, 2.05) is 62.3 Å². The van der Waals surface area contributed by atoms with Crippen LogP contribution < -0.4 is 21.4 Å². The van der Waals surface area contributed by atoms with Crippen LogP contribution >= 0.6 is 0 Å². The molecule has 2 heterocycles. The molecule has 5 fully saturated rings. The van der Waals surface area contributed by atoms with Crippen molar-refractivity contribution in [3.8, 4) is 0 Å².